The van der Waals surface area contributed by atoms with Crippen LogP contribution in [0.25, 0.3) is 0 Å². The molecule has 0 aliphatic carbocycles. The molecule has 27 heavy (non-hydrogen) atoms. The predicted molar refractivity (Wildman–Crippen MR) is 110 cm³/mol. The van der Waals surface area contributed by atoms with E-state index in [0.29, 0.717) is 6.54 Å². The van der Waals surface area contributed by atoms with Crippen LogP contribution in [-0.2, 0) is 11.3 Å². The minimum Gasteiger partial charge on any atom is -0.497 e. The molecule has 0 bridgehead atoms. The number of methoxy groups -OCH3 is 1. The van der Waals surface area contributed by atoms with Gasteiger partial charge in [0.25, 0.3) is 0 Å². The Morgan fingerprint density at radius 2 is 1.81 bits per heavy atom. The Bertz CT molecular complexity index is 843. The van der Waals surface area contributed by atoms with E-state index in [0.717, 1.165) is 16.9 Å². The Morgan fingerprint density at radius 3 is 2.44 bits per heavy atom. The Balaban J connectivity index is 1.57. The van der Waals surface area contributed by atoms with Crippen LogP contribution in [0.2, 0.25) is 0 Å². The van der Waals surface area contributed by atoms with Crippen molar-refractivity contribution in [3.8, 4) is 5.75 Å². The molecular formula is C22H24N2O2S. The molecule has 1 aromatic heterocycles. The van der Waals surface area contributed by atoms with Gasteiger partial charge in [0.15, 0.2) is 0 Å². The summed E-state index contributed by atoms with van der Waals surface area (Å²) in [6.45, 7) is 2.83. The third kappa shape index (κ3) is 5.42. The van der Waals surface area contributed by atoms with Crippen LogP contribution in [0.4, 0.5) is 0 Å². The summed E-state index contributed by atoms with van der Waals surface area (Å²) in [7, 11) is 1.64. The second kappa shape index (κ2) is 9.35. The highest BCUT2D eigenvalue weighted by Gasteiger charge is 2.16. The van der Waals surface area contributed by atoms with Gasteiger partial charge in [0.05, 0.1) is 19.7 Å². The second-order valence-corrected chi connectivity index (χ2v) is 7.34. The lowest BCUT2D eigenvalue weighted by Gasteiger charge is -2.18. The number of hydrogen-bond donors (Lipinski definition) is 2. The molecule has 5 heteroatoms. The number of nitrogens with one attached hydrogen (secondary N) is 2. The van der Waals surface area contributed by atoms with Crippen LogP contribution < -0.4 is 15.4 Å². The molecule has 3 rings (SSSR count). The van der Waals surface area contributed by atoms with Crippen LogP contribution in [0.5, 0.6) is 5.75 Å². The molecule has 0 aliphatic rings. The van der Waals surface area contributed by atoms with Gasteiger partial charge in [-0.05, 0) is 41.6 Å². The number of benzene rings is 2. The number of rotatable bonds is 8. The summed E-state index contributed by atoms with van der Waals surface area (Å²) in [5.41, 5.74) is 3.42. The SMILES string of the molecule is COc1ccc(CNC(=O)CN[C@H](c2ccc(C)cc2)c2cccs2)cc1. The van der Waals surface area contributed by atoms with Crippen molar-refractivity contribution in [2.45, 2.75) is 19.5 Å². The molecular weight excluding hydrogens is 356 g/mol. The van der Waals surface area contributed by atoms with Gasteiger partial charge in [-0.2, -0.15) is 0 Å². The van der Waals surface area contributed by atoms with E-state index in [1.54, 1.807) is 18.4 Å². The van der Waals surface area contributed by atoms with Gasteiger partial charge in [0, 0.05) is 11.4 Å². The van der Waals surface area contributed by atoms with E-state index in [9.17, 15) is 4.79 Å². The smallest absolute Gasteiger partial charge is 0.234 e. The second-order valence-electron chi connectivity index (χ2n) is 6.36. The number of hydrogen-bond acceptors (Lipinski definition) is 4. The zero-order valence-corrected chi connectivity index (χ0v) is 16.4. The molecule has 3 aromatic rings. The summed E-state index contributed by atoms with van der Waals surface area (Å²) in [6.07, 6.45) is 0. The molecule has 0 radical (unpaired) electrons. The molecule has 0 saturated heterocycles. The van der Waals surface area contributed by atoms with Crippen LogP contribution in [0.15, 0.2) is 66.0 Å². The van der Waals surface area contributed by atoms with Crippen molar-refractivity contribution in [2.75, 3.05) is 13.7 Å². The van der Waals surface area contributed by atoms with E-state index in [2.05, 4.69) is 53.3 Å². The van der Waals surface area contributed by atoms with Crippen molar-refractivity contribution < 1.29 is 9.53 Å². The van der Waals surface area contributed by atoms with Crippen LogP contribution in [0, 0.1) is 6.92 Å². The zero-order chi connectivity index (χ0) is 19.1. The van der Waals surface area contributed by atoms with E-state index < -0.39 is 0 Å². The maximum Gasteiger partial charge on any atom is 0.234 e. The van der Waals surface area contributed by atoms with Gasteiger partial charge in [0.2, 0.25) is 5.91 Å². The molecule has 0 spiro atoms. The molecule has 0 unspecified atom stereocenters. The topological polar surface area (TPSA) is 50.4 Å². The number of aryl methyl sites for hydroxylation is 1. The van der Waals surface area contributed by atoms with Crippen LogP contribution in [-0.4, -0.2) is 19.6 Å². The van der Waals surface area contributed by atoms with E-state index in [-0.39, 0.29) is 18.5 Å². The average molecular weight is 381 g/mol. The number of amides is 1. The van der Waals surface area contributed by atoms with E-state index in [4.69, 9.17) is 4.74 Å². The number of carbonyl (C=O) groups excluding carboxylic acids is 1. The van der Waals surface area contributed by atoms with Gasteiger partial charge in [-0.15, -0.1) is 11.3 Å². The van der Waals surface area contributed by atoms with Crippen molar-refractivity contribution in [2.24, 2.45) is 0 Å². The lowest BCUT2D eigenvalue weighted by Crippen LogP contribution is -2.35. The highest BCUT2D eigenvalue weighted by molar-refractivity contribution is 7.10. The van der Waals surface area contributed by atoms with Crippen molar-refractivity contribution >= 4 is 17.2 Å². The third-order valence-corrected chi connectivity index (χ3v) is 5.29. The fraction of sp³-hybridized carbons (Fsp3) is 0.227. The minimum atomic E-state index is -0.0283. The Kier molecular flexibility index (Phi) is 6.63. The summed E-state index contributed by atoms with van der Waals surface area (Å²) in [5, 5.41) is 8.41. The lowest BCUT2D eigenvalue weighted by molar-refractivity contribution is -0.120. The van der Waals surface area contributed by atoms with Crippen LogP contribution in [0.3, 0.4) is 0 Å². The van der Waals surface area contributed by atoms with Crippen molar-refractivity contribution in [1.82, 2.24) is 10.6 Å². The van der Waals surface area contributed by atoms with Crippen molar-refractivity contribution in [3.05, 3.63) is 87.6 Å². The molecule has 140 valence electrons. The summed E-state index contributed by atoms with van der Waals surface area (Å²) >= 11 is 1.69. The normalized spacial score (nSPS) is 11.8. The first-order valence-corrected chi connectivity index (χ1v) is 9.76. The highest BCUT2D eigenvalue weighted by atomic mass is 32.1. The molecule has 2 aromatic carbocycles. The Morgan fingerprint density at radius 1 is 1.07 bits per heavy atom. The number of thiophene rings is 1. The van der Waals surface area contributed by atoms with Crippen molar-refractivity contribution in [1.29, 1.82) is 0 Å². The lowest BCUT2D eigenvalue weighted by atomic mass is 10.0. The maximum absolute atomic E-state index is 12.3. The standard InChI is InChI=1S/C22H24N2O2S/c1-16-5-9-18(10-6-16)22(20-4-3-13-27-20)24-15-21(25)23-14-17-7-11-19(26-2)12-8-17/h3-13,22,24H,14-15H2,1-2H3,(H,23,25)/t22-/m1/s1. The first-order chi connectivity index (χ1) is 13.2. The summed E-state index contributed by atoms with van der Waals surface area (Å²) in [4.78, 5) is 13.5. The van der Waals surface area contributed by atoms with Gasteiger partial charge >= 0.3 is 0 Å². The van der Waals surface area contributed by atoms with Gasteiger partial charge in [-0.1, -0.05) is 48.0 Å². The molecule has 2 N–H and O–H groups in total. The number of carbonyl (C=O) groups is 1. The fourth-order valence-corrected chi connectivity index (χ4v) is 3.63. The summed E-state index contributed by atoms with van der Waals surface area (Å²) < 4.78 is 5.15. The van der Waals surface area contributed by atoms with E-state index >= 15 is 0 Å². The largest absolute Gasteiger partial charge is 0.497 e. The zero-order valence-electron chi connectivity index (χ0n) is 15.6. The Hall–Kier alpha value is -2.63. The Labute approximate surface area is 164 Å². The van der Waals surface area contributed by atoms with Gasteiger partial charge in [-0.25, -0.2) is 0 Å². The van der Waals surface area contributed by atoms with Crippen molar-refractivity contribution in [3.63, 3.8) is 0 Å². The first-order valence-electron chi connectivity index (χ1n) is 8.88. The van der Waals surface area contributed by atoms with Crippen LogP contribution >= 0.6 is 11.3 Å². The van der Waals surface area contributed by atoms with E-state index in [1.165, 1.54) is 10.4 Å². The molecule has 0 fully saturated rings. The molecule has 4 nitrogen and oxygen atoms in total. The highest BCUT2D eigenvalue weighted by Crippen LogP contribution is 2.26. The third-order valence-electron chi connectivity index (χ3n) is 4.35. The van der Waals surface area contributed by atoms with Crippen LogP contribution in [0.1, 0.15) is 27.6 Å². The minimum absolute atomic E-state index is 0.0114. The first kappa shape index (κ1) is 19.1. The molecule has 1 heterocycles. The van der Waals surface area contributed by atoms with E-state index in [1.807, 2.05) is 30.3 Å². The van der Waals surface area contributed by atoms with Gasteiger partial charge < -0.3 is 10.1 Å². The number of ether oxygens (including phenoxy) is 1. The fourth-order valence-electron chi connectivity index (χ4n) is 2.80. The molecule has 0 saturated carbocycles. The molecule has 0 aliphatic heterocycles. The summed E-state index contributed by atoms with van der Waals surface area (Å²) in [6, 6.07) is 20.3. The van der Waals surface area contributed by atoms with Gasteiger partial charge in [-0.3, -0.25) is 10.1 Å². The quantitative estimate of drug-likeness (QED) is 0.620. The molecule has 1 atom stereocenters. The average Bonchev–Trinajstić information content (AvgIpc) is 3.23. The summed E-state index contributed by atoms with van der Waals surface area (Å²) in [5.74, 6) is 0.781. The predicted octanol–water partition coefficient (Wildman–Crippen LogP) is 4.06. The maximum atomic E-state index is 12.3. The molecule has 1 amide bonds. The van der Waals surface area contributed by atoms with Gasteiger partial charge in [0.1, 0.15) is 5.75 Å². The monoisotopic (exact) mass is 380 g/mol.